The maximum atomic E-state index is 13.0. The first-order valence-electron chi connectivity index (χ1n) is 9.48. The van der Waals surface area contributed by atoms with Gasteiger partial charge in [0.15, 0.2) is 0 Å². The zero-order chi connectivity index (χ0) is 18.4. The van der Waals surface area contributed by atoms with Crippen LogP contribution in [-0.2, 0) is 22.4 Å². The van der Waals surface area contributed by atoms with E-state index in [9.17, 15) is 4.79 Å². The van der Waals surface area contributed by atoms with E-state index < -0.39 is 0 Å². The van der Waals surface area contributed by atoms with E-state index in [4.69, 9.17) is 14.3 Å². The van der Waals surface area contributed by atoms with E-state index in [2.05, 4.69) is 20.2 Å². The summed E-state index contributed by atoms with van der Waals surface area (Å²) < 4.78 is 10.1. The van der Waals surface area contributed by atoms with Gasteiger partial charge >= 0.3 is 0 Å². The van der Waals surface area contributed by atoms with E-state index >= 15 is 0 Å². The second-order valence-electron chi connectivity index (χ2n) is 7.40. The molecular formula is C18H22N6O3. The van der Waals surface area contributed by atoms with Gasteiger partial charge < -0.3 is 14.5 Å². The SMILES string of the molecule is Cc1nonc1CC(=O)N1[C@@H]2CC[C@H]1c1cnc(N3CCOCC3)nc1C2. The molecule has 5 heterocycles. The van der Waals surface area contributed by atoms with Gasteiger partial charge in [-0.15, -0.1) is 0 Å². The third-order valence-corrected chi connectivity index (χ3v) is 5.82. The number of rotatable bonds is 3. The highest BCUT2D eigenvalue weighted by Crippen LogP contribution is 2.43. The molecule has 0 radical (unpaired) electrons. The number of aromatic nitrogens is 4. The summed E-state index contributed by atoms with van der Waals surface area (Å²) in [5.74, 6) is 0.852. The van der Waals surface area contributed by atoms with Crippen molar-refractivity contribution in [3.8, 4) is 0 Å². The highest BCUT2D eigenvalue weighted by Gasteiger charge is 2.43. The van der Waals surface area contributed by atoms with Crippen LogP contribution in [0.25, 0.3) is 0 Å². The molecule has 2 atom stereocenters. The number of anilines is 1. The van der Waals surface area contributed by atoms with Gasteiger partial charge in [0.05, 0.1) is 31.4 Å². The largest absolute Gasteiger partial charge is 0.378 e. The first-order chi connectivity index (χ1) is 13.2. The Balaban J connectivity index is 1.38. The Hall–Kier alpha value is -2.55. The maximum absolute atomic E-state index is 13.0. The van der Waals surface area contributed by atoms with E-state index in [-0.39, 0.29) is 24.4 Å². The first kappa shape index (κ1) is 16.6. The summed E-state index contributed by atoms with van der Waals surface area (Å²) in [7, 11) is 0. The van der Waals surface area contributed by atoms with Gasteiger partial charge in [-0.1, -0.05) is 10.3 Å². The van der Waals surface area contributed by atoms with Gasteiger partial charge in [-0.05, 0) is 19.8 Å². The molecule has 142 valence electrons. The maximum Gasteiger partial charge on any atom is 0.229 e. The van der Waals surface area contributed by atoms with Crippen molar-refractivity contribution in [2.75, 3.05) is 31.2 Å². The minimum absolute atomic E-state index is 0.0603. The second-order valence-corrected chi connectivity index (χ2v) is 7.40. The lowest BCUT2D eigenvalue weighted by molar-refractivity contribution is -0.134. The number of ether oxygens (including phenoxy) is 1. The lowest BCUT2D eigenvalue weighted by Gasteiger charge is -2.36. The number of carbonyl (C=O) groups is 1. The molecule has 2 saturated heterocycles. The van der Waals surface area contributed by atoms with Gasteiger partial charge in [0.2, 0.25) is 11.9 Å². The number of amides is 1. The molecule has 0 spiro atoms. The fourth-order valence-corrected chi connectivity index (χ4v) is 4.41. The molecular weight excluding hydrogens is 348 g/mol. The van der Waals surface area contributed by atoms with Gasteiger partial charge in [0.1, 0.15) is 11.4 Å². The standard InChI is InChI=1S/C18H22N6O3/c1-11-14(22-27-21-11)9-17(25)24-12-2-3-16(24)13-10-19-18(20-15(13)8-12)23-4-6-26-7-5-23/h10,12,16H,2-9H2,1H3/t12-,16+/m1/s1. The van der Waals surface area contributed by atoms with Crippen molar-refractivity contribution >= 4 is 11.9 Å². The van der Waals surface area contributed by atoms with E-state index in [1.807, 2.05) is 11.1 Å². The number of aryl methyl sites for hydroxylation is 1. The molecule has 2 bridgehead atoms. The lowest BCUT2D eigenvalue weighted by atomic mass is 9.98. The normalized spacial score (nSPS) is 24.2. The van der Waals surface area contributed by atoms with Crippen molar-refractivity contribution in [3.05, 3.63) is 28.8 Å². The molecule has 2 aromatic rings. The molecule has 9 nitrogen and oxygen atoms in total. The Morgan fingerprint density at radius 3 is 2.89 bits per heavy atom. The highest BCUT2D eigenvalue weighted by molar-refractivity contribution is 5.80. The van der Waals surface area contributed by atoms with Crippen LogP contribution in [0.2, 0.25) is 0 Å². The fourth-order valence-electron chi connectivity index (χ4n) is 4.41. The minimum Gasteiger partial charge on any atom is -0.378 e. The average molecular weight is 370 g/mol. The Bertz CT molecular complexity index is 863. The molecule has 9 heteroatoms. The van der Waals surface area contributed by atoms with Gasteiger partial charge in [0.25, 0.3) is 0 Å². The number of morpholine rings is 1. The molecule has 0 saturated carbocycles. The van der Waals surface area contributed by atoms with Gasteiger partial charge in [-0.2, -0.15) is 0 Å². The first-order valence-corrected chi connectivity index (χ1v) is 9.48. The summed E-state index contributed by atoms with van der Waals surface area (Å²) in [5, 5.41) is 7.62. The van der Waals surface area contributed by atoms with Crippen molar-refractivity contribution in [3.63, 3.8) is 0 Å². The number of fused-ring (bicyclic) bond motifs is 4. The van der Waals surface area contributed by atoms with Crippen molar-refractivity contribution in [1.29, 1.82) is 0 Å². The quantitative estimate of drug-likeness (QED) is 0.784. The Morgan fingerprint density at radius 2 is 2.11 bits per heavy atom. The summed E-state index contributed by atoms with van der Waals surface area (Å²) in [6, 6.07) is 0.257. The Labute approximate surface area is 156 Å². The van der Waals surface area contributed by atoms with E-state index in [1.54, 1.807) is 6.92 Å². The van der Waals surface area contributed by atoms with Crippen LogP contribution in [-0.4, -0.2) is 63.4 Å². The summed E-state index contributed by atoms with van der Waals surface area (Å²) in [5.41, 5.74) is 3.46. The number of hydrogen-bond acceptors (Lipinski definition) is 8. The van der Waals surface area contributed by atoms with Crippen LogP contribution < -0.4 is 4.90 Å². The van der Waals surface area contributed by atoms with Gasteiger partial charge in [-0.3, -0.25) is 4.79 Å². The molecule has 3 aliphatic rings. The molecule has 2 aromatic heterocycles. The van der Waals surface area contributed by atoms with Gasteiger partial charge in [0, 0.05) is 37.3 Å². The van der Waals surface area contributed by atoms with Crippen LogP contribution in [0.4, 0.5) is 5.95 Å². The molecule has 3 aliphatic heterocycles. The smallest absolute Gasteiger partial charge is 0.229 e. The molecule has 0 unspecified atom stereocenters. The third kappa shape index (κ3) is 2.86. The van der Waals surface area contributed by atoms with E-state index in [0.29, 0.717) is 24.6 Å². The Kier molecular flexibility index (Phi) is 4.04. The zero-order valence-corrected chi connectivity index (χ0v) is 15.3. The average Bonchev–Trinajstić information content (AvgIpc) is 3.24. The molecule has 5 rings (SSSR count). The molecule has 27 heavy (non-hydrogen) atoms. The monoisotopic (exact) mass is 370 g/mol. The van der Waals surface area contributed by atoms with Crippen LogP contribution in [0.5, 0.6) is 0 Å². The predicted molar refractivity (Wildman–Crippen MR) is 94.1 cm³/mol. The highest BCUT2D eigenvalue weighted by atomic mass is 16.6. The summed E-state index contributed by atoms with van der Waals surface area (Å²) in [4.78, 5) is 26.6. The van der Waals surface area contributed by atoms with Crippen molar-refractivity contribution in [1.82, 2.24) is 25.2 Å². The summed E-state index contributed by atoms with van der Waals surface area (Å²) in [6.45, 7) is 4.87. The van der Waals surface area contributed by atoms with E-state index in [0.717, 1.165) is 49.6 Å². The van der Waals surface area contributed by atoms with Crippen molar-refractivity contribution < 1.29 is 14.2 Å². The number of hydrogen-bond donors (Lipinski definition) is 0. The van der Waals surface area contributed by atoms with Crippen LogP contribution in [0.15, 0.2) is 10.8 Å². The summed E-state index contributed by atoms with van der Waals surface area (Å²) >= 11 is 0. The van der Waals surface area contributed by atoms with E-state index in [1.165, 1.54) is 0 Å². The fraction of sp³-hybridized carbons (Fsp3) is 0.611. The van der Waals surface area contributed by atoms with Crippen molar-refractivity contribution in [2.45, 2.75) is 44.7 Å². The number of carbonyl (C=O) groups excluding carboxylic acids is 1. The van der Waals surface area contributed by atoms with Crippen LogP contribution in [0, 0.1) is 6.92 Å². The lowest BCUT2D eigenvalue weighted by Crippen LogP contribution is -2.43. The van der Waals surface area contributed by atoms with Crippen LogP contribution >= 0.6 is 0 Å². The topological polar surface area (TPSA) is 97.5 Å². The minimum atomic E-state index is 0.0603. The molecule has 0 N–H and O–H groups in total. The van der Waals surface area contributed by atoms with Gasteiger partial charge in [-0.25, -0.2) is 14.6 Å². The number of nitrogens with zero attached hydrogens (tertiary/aromatic N) is 6. The molecule has 0 aliphatic carbocycles. The molecule has 1 amide bonds. The summed E-state index contributed by atoms with van der Waals surface area (Å²) in [6.07, 6.45) is 4.88. The van der Waals surface area contributed by atoms with Crippen molar-refractivity contribution in [2.24, 2.45) is 0 Å². The second kappa shape index (κ2) is 6.56. The van der Waals surface area contributed by atoms with Crippen LogP contribution in [0.1, 0.15) is 41.5 Å². The molecule has 0 aromatic carbocycles. The predicted octanol–water partition coefficient (Wildman–Crippen LogP) is 0.836. The zero-order valence-electron chi connectivity index (χ0n) is 15.3. The molecule has 2 fully saturated rings. The third-order valence-electron chi connectivity index (χ3n) is 5.82. The Morgan fingerprint density at radius 1 is 1.26 bits per heavy atom. The van der Waals surface area contributed by atoms with Crippen LogP contribution in [0.3, 0.4) is 0 Å².